The maximum Gasteiger partial charge on any atom is 0.296 e. The van der Waals surface area contributed by atoms with Crippen molar-refractivity contribution in [2.75, 3.05) is 96.9 Å². The van der Waals surface area contributed by atoms with E-state index in [1.54, 1.807) is 0 Å². The van der Waals surface area contributed by atoms with E-state index in [0.29, 0.717) is 36.4 Å². The Hall–Kier alpha value is -8.28. The number of nitrogens with zero attached hydrogens (tertiary/aromatic N) is 10. The van der Waals surface area contributed by atoms with E-state index < -0.39 is 125 Å². The Labute approximate surface area is 501 Å². The fraction of sp³-hybridized carbons (Fsp3) is 0.261. The summed E-state index contributed by atoms with van der Waals surface area (Å²) >= 11 is 0. The molecular weight excluding hydrogens is 1290 g/mol. The molecule has 0 radical (unpaired) electrons. The molecule has 0 aliphatic rings. The van der Waals surface area contributed by atoms with Crippen LogP contribution in [0, 0.1) is 22.7 Å². The average molecular weight is 1340 g/mol. The molecule has 472 valence electrons. The smallest absolute Gasteiger partial charge is 0.296 e. The SMILES string of the molecule is N#CCCN(CCOCCO)c1nc(Nc2ccc(/C=C/c3ccc(Nc4nc(Nc5cc(S(=O)(=O)O)ccc5S(=O)(=O)O)nc(N(CCC#N)CCOCCO)n4)cc3S(=O)(=O)O)c(S(=O)(=O)O)c2)nc(Nc2cc(S(=O)(=O)O)ccc2S(=O)(=O)O)n1. The number of nitriles is 2. The molecule has 88 heavy (non-hydrogen) atoms. The van der Waals surface area contributed by atoms with Gasteiger partial charge in [-0.2, -0.15) is 90.9 Å². The van der Waals surface area contributed by atoms with Crippen molar-refractivity contribution in [2.24, 2.45) is 0 Å². The predicted octanol–water partition coefficient (Wildman–Crippen LogP) is 2.14. The summed E-state index contributed by atoms with van der Waals surface area (Å²) in [5.41, 5.74) is -2.45. The summed E-state index contributed by atoms with van der Waals surface area (Å²) in [4.78, 5) is 22.9. The highest BCUT2D eigenvalue weighted by Crippen LogP contribution is 2.33. The molecule has 0 aliphatic carbocycles. The summed E-state index contributed by atoms with van der Waals surface area (Å²) in [6, 6.07) is 14.0. The van der Waals surface area contributed by atoms with E-state index in [2.05, 4.69) is 51.2 Å². The van der Waals surface area contributed by atoms with E-state index in [1.807, 2.05) is 12.1 Å². The van der Waals surface area contributed by atoms with Crippen LogP contribution in [0.5, 0.6) is 0 Å². The molecule has 0 fully saturated rings. The number of aliphatic hydroxyl groups is 2. The van der Waals surface area contributed by atoms with E-state index in [9.17, 15) is 98.6 Å². The van der Waals surface area contributed by atoms with Crippen molar-refractivity contribution >= 4 is 131 Å². The largest absolute Gasteiger partial charge is 0.394 e. The summed E-state index contributed by atoms with van der Waals surface area (Å²) in [5.74, 6) is -2.74. The Balaban J connectivity index is 1.40. The highest BCUT2D eigenvalue weighted by molar-refractivity contribution is 7.87. The molecule has 0 unspecified atom stereocenters. The predicted molar refractivity (Wildman–Crippen MR) is 307 cm³/mol. The molecule has 6 aromatic rings. The van der Waals surface area contributed by atoms with Gasteiger partial charge < -0.3 is 50.8 Å². The molecule has 2 aromatic heterocycles. The van der Waals surface area contributed by atoms with Crippen LogP contribution in [0.25, 0.3) is 12.2 Å². The van der Waals surface area contributed by atoms with Crippen LogP contribution in [0.15, 0.2) is 102 Å². The Kier molecular flexibility index (Phi) is 22.8. The highest BCUT2D eigenvalue weighted by atomic mass is 32.2. The molecule has 4 aromatic carbocycles. The van der Waals surface area contributed by atoms with Crippen molar-refractivity contribution < 1.29 is 97.5 Å². The second kappa shape index (κ2) is 29.1. The van der Waals surface area contributed by atoms with Crippen molar-refractivity contribution in [1.29, 1.82) is 10.5 Å². The van der Waals surface area contributed by atoms with E-state index in [-0.39, 0.29) is 113 Å². The number of aliphatic hydroxyl groups excluding tert-OH is 2. The summed E-state index contributed by atoms with van der Waals surface area (Å²) in [6.45, 7) is -1.39. The van der Waals surface area contributed by atoms with Crippen LogP contribution >= 0.6 is 0 Å². The number of nitrogens with one attached hydrogen (secondary N) is 4. The van der Waals surface area contributed by atoms with E-state index in [4.69, 9.17) is 9.47 Å². The number of anilines is 10. The number of aromatic nitrogens is 6. The summed E-state index contributed by atoms with van der Waals surface area (Å²) in [5, 5.41) is 47.5. The maximum atomic E-state index is 13.0. The van der Waals surface area contributed by atoms with Crippen LogP contribution in [0.3, 0.4) is 0 Å². The van der Waals surface area contributed by atoms with Crippen molar-refractivity contribution in [3.05, 3.63) is 83.9 Å². The Morgan fingerprint density at radius 3 is 1.07 bits per heavy atom. The van der Waals surface area contributed by atoms with Gasteiger partial charge in [-0.05, 0) is 71.8 Å². The van der Waals surface area contributed by atoms with Gasteiger partial charge in [0.2, 0.25) is 35.7 Å². The zero-order chi connectivity index (χ0) is 64.8. The zero-order valence-electron chi connectivity index (χ0n) is 44.8. The first kappa shape index (κ1) is 68.8. The lowest BCUT2D eigenvalue weighted by atomic mass is 10.1. The first-order valence-electron chi connectivity index (χ1n) is 24.5. The topological polar surface area (TPSA) is 565 Å². The van der Waals surface area contributed by atoms with E-state index in [1.165, 1.54) is 21.9 Å². The fourth-order valence-corrected chi connectivity index (χ4v) is 11.2. The molecule has 0 saturated heterocycles. The van der Waals surface area contributed by atoms with Gasteiger partial charge in [0.1, 0.15) is 19.6 Å². The lowest BCUT2D eigenvalue weighted by molar-refractivity contribution is 0.0965. The third-order valence-corrected chi connectivity index (χ3v) is 16.7. The van der Waals surface area contributed by atoms with Gasteiger partial charge in [-0.15, -0.1) is 0 Å². The normalized spacial score (nSPS) is 12.3. The molecule has 0 bridgehead atoms. The van der Waals surface area contributed by atoms with Gasteiger partial charge in [0, 0.05) is 37.6 Å². The minimum absolute atomic E-state index is 0.0650. The number of rotatable bonds is 32. The zero-order valence-corrected chi connectivity index (χ0v) is 49.7. The van der Waals surface area contributed by atoms with Gasteiger partial charge in [0.25, 0.3) is 60.7 Å². The van der Waals surface area contributed by atoms with Gasteiger partial charge in [-0.25, -0.2) is 0 Å². The molecule has 0 amide bonds. The lowest BCUT2D eigenvalue weighted by Crippen LogP contribution is -2.31. The monoisotopic (exact) mass is 1340 g/mol. The maximum absolute atomic E-state index is 13.0. The van der Waals surface area contributed by atoms with Crippen LogP contribution in [0.1, 0.15) is 24.0 Å². The molecule has 42 heteroatoms. The van der Waals surface area contributed by atoms with Crippen LogP contribution in [0.4, 0.5) is 58.4 Å². The van der Waals surface area contributed by atoms with Gasteiger partial charge in [-0.3, -0.25) is 27.3 Å². The standard InChI is InChI=1S/C46H50N14O22S6/c47-13-1-15-59(17-21-81-23-19-61)45-55-41(53-43(57-45)51-35-27-33(83(63,64)65)9-11-37(35)85(69,70)71)49-31-7-5-29(39(25-31)87(75,76)77)3-4-30-6-8-32(26-40(30)88(78,79)80)50-42-54-44(58-46(56-42)60(16-2-14-48)18-22-82-24-20-62)52-36-28-34(84(66,67)68)10-12-38(36)86(72,73)74/h3-12,25-28,61-62H,1-2,15-24H2,(H,63,64,65)(H,66,67,68)(H,69,70,71)(H,72,73,74)(H,75,76,77)(H,78,79,80)(H2,49,51,53,55,57)(H2,50,52,54,56,58)/b4-3+. The van der Waals surface area contributed by atoms with Gasteiger partial charge in [0.05, 0.1) is 85.8 Å². The first-order chi connectivity index (χ1) is 41.2. The van der Waals surface area contributed by atoms with Crippen LogP contribution < -0.4 is 31.1 Å². The lowest BCUT2D eigenvalue weighted by Gasteiger charge is -2.22. The third-order valence-electron chi connectivity index (χ3n) is 11.4. The summed E-state index contributed by atoms with van der Waals surface area (Å²) < 4.78 is 221. The Morgan fingerprint density at radius 1 is 0.420 bits per heavy atom. The molecule has 0 saturated carbocycles. The quantitative estimate of drug-likeness (QED) is 0.0163. The van der Waals surface area contributed by atoms with Crippen LogP contribution in [0.2, 0.25) is 0 Å². The molecule has 2 heterocycles. The number of hydrogen-bond acceptors (Lipinski definition) is 30. The molecule has 36 nitrogen and oxygen atoms in total. The van der Waals surface area contributed by atoms with Gasteiger partial charge in [0.15, 0.2) is 0 Å². The number of hydrogen-bond donors (Lipinski definition) is 12. The summed E-state index contributed by atoms with van der Waals surface area (Å²) in [6.07, 6.45) is 1.73. The molecular formula is C46H50N14O22S6. The average Bonchev–Trinajstić information content (AvgIpc) is 3.30. The van der Waals surface area contributed by atoms with E-state index in [0.717, 1.165) is 36.4 Å². The van der Waals surface area contributed by atoms with Crippen LogP contribution in [-0.4, -0.2) is 184 Å². The van der Waals surface area contributed by atoms with Gasteiger partial charge >= 0.3 is 0 Å². The van der Waals surface area contributed by atoms with Crippen LogP contribution in [-0.2, 0) is 70.2 Å². The highest BCUT2D eigenvalue weighted by Gasteiger charge is 2.26. The second-order valence-corrected chi connectivity index (χ2v) is 25.9. The first-order valence-corrected chi connectivity index (χ1v) is 33.2. The van der Waals surface area contributed by atoms with Crippen molar-refractivity contribution in [1.82, 2.24) is 29.9 Å². The molecule has 12 N–H and O–H groups in total. The van der Waals surface area contributed by atoms with Crippen molar-refractivity contribution in [3.63, 3.8) is 0 Å². The fourth-order valence-electron chi connectivity index (χ4n) is 7.52. The van der Waals surface area contributed by atoms with Gasteiger partial charge in [-0.1, -0.05) is 24.3 Å². The van der Waals surface area contributed by atoms with Crippen molar-refractivity contribution in [3.8, 4) is 12.1 Å². The number of benzene rings is 4. The number of ether oxygens (including phenoxy) is 2. The third kappa shape index (κ3) is 19.6. The molecule has 0 spiro atoms. The molecule has 0 atom stereocenters. The minimum Gasteiger partial charge on any atom is -0.394 e. The Bertz CT molecular complexity index is 4130. The molecule has 0 aliphatic heterocycles. The Morgan fingerprint density at radius 2 is 0.761 bits per heavy atom. The molecule has 6 rings (SSSR count). The van der Waals surface area contributed by atoms with Crippen molar-refractivity contribution in [2.45, 2.75) is 42.2 Å². The summed E-state index contributed by atoms with van der Waals surface area (Å²) in [7, 11) is -30.7. The second-order valence-electron chi connectivity index (χ2n) is 17.5. The minimum atomic E-state index is -5.22. The van der Waals surface area contributed by atoms with E-state index >= 15 is 0 Å².